The third-order valence-electron chi connectivity index (χ3n) is 4.55. The van der Waals surface area contributed by atoms with E-state index >= 15 is 0 Å². The quantitative estimate of drug-likeness (QED) is 0.599. The van der Waals surface area contributed by atoms with Crippen LogP contribution in [0.25, 0.3) is 0 Å². The van der Waals surface area contributed by atoms with Crippen molar-refractivity contribution in [1.82, 2.24) is 0 Å². The summed E-state index contributed by atoms with van der Waals surface area (Å²) in [7, 11) is 1.06. The molecule has 1 heterocycles. The topological polar surface area (TPSA) is 44.8 Å². The van der Waals surface area contributed by atoms with E-state index in [1.807, 2.05) is 0 Å². The molecule has 1 aliphatic rings. The molecular formula is C16H17F5O4. The summed E-state index contributed by atoms with van der Waals surface area (Å²) in [5.74, 6) is -6.44. The van der Waals surface area contributed by atoms with Gasteiger partial charge in [-0.2, -0.15) is 17.6 Å². The molecule has 0 aromatic heterocycles. The Morgan fingerprint density at radius 3 is 2.36 bits per heavy atom. The van der Waals surface area contributed by atoms with E-state index in [-0.39, 0.29) is 5.56 Å². The van der Waals surface area contributed by atoms with Crippen LogP contribution in [0.4, 0.5) is 22.0 Å². The number of hydrogen-bond acceptors (Lipinski definition) is 4. The fourth-order valence-corrected chi connectivity index (χ4v) is 3.02. The summed E-state index contributed by atoms with van der Waals surface area (Å²) in [4.78, 5) is 11.3. The van der Waals surface area contributed by atoms with Gasteiger partial charge in [-0.3, -0.25) is 4.79 Å². The van der Waals surface area contributed by atoms with Gasteiger partial charge in [-0.25, -0.2) is 4.39 Å². The van der Waals surface area contributed by atoms with Gasteiger partial charge in [-0.05, 0) is 13.0 Å². The minimum absolute atomic E-state index is 0.0758. The second-order valence-electron chi connectivity index (χ2n) is 6.00. The van der Waals surface area contributed by atoms with E-state index in [2.05, 4.69) is 0 Å². The Hall–Kier alpha value is -1.90. The monoisotopic (exact) mass is 368 g/mol. The molecule has 4 unspecified atom stereocenters. The van der Waals surface area contributed by atoms with Crippen LogP contribution in [-0.2, 0) is 14.3 Å². The van der Waals surface area contributed by atoms with Crippen LogP contribution in [0.2, 0.25) is 0 Å². The number of hydrogen-bond donors (Lipinski definition) is 0. The number of ether oxygens (including phenoxy) is 3. The van der Waals surface area contributed by atoms with Crippen LogP contribution in [0.3, 0.4) is 0 Å². The second-order valence-corrected chi connectivity index (χ2v) is 6.00. The van der Waals surface area contributed by atoms with Gasteiger partial charge in [0.05, 0.1) is 13.0 Å². The van der Waals surface area contributed by atoms with Crippen LogP contribution in [-0.4, -0.2) is 31.1 Å². The average Bonchev–Trinajstić information content (AvgIpc) is 2.73. The zero-order valence-electron chi connectivity index (χ0n) is 13.9. The number of methoxy groups -OCH3 is 1. The lowest BCUT2D eigenvalue weighted by molar-refractivity contribution is -0.293. The normalized spacial score (nSPS) is 29.6. The van der Waals surface area contributed by atoms with Gasteiger partial charge in [0.2, 0.25) is 12.1 Å². The zero-order chi connectivity index (χ0) is 19.2. The van der Waals surface area contributed by atoms with Crippen LogP contribution in [0.1, 0.15) is 32.3 Å². The summed E-state index contributed by atoms with van der Waals surface area (Å²) < 4.78 is 82.6. The van der Waals surface area contributed by atoms with Crippen molar-refractivity contribution in [1.29, 1.82) is 0 Å². The van der Waals surface area contributed by atoms with Crippen LogP contribution < -0.4 is 4.74 Å². The van der Waals surface area contributed by atoms with Crippen LogP contribution in [0, 0.1) is 17.6 Å². The Morgan fingerprint density at radius 1 is 1.28 bits per heavy atom. The van der Waals surface area contributed by atoms with Gasteiger partial charge in [0.25, 0.3) is 0 Å². The van der Waals surface area contributed by atoms with Crippen molar-refractivity contribution in [2.24, 2.45) is 5.92 Å². The predicted octanol–water partition coefficient (Wildman–Crippen LogP) is 3.93. The highest BCUT2D eigenvalue weighted by Gasteiger charge is 2.65. The van der Waals surface area contributed by atoms with Crippen molar-refractivity contribution < 1.29 is 41.0 Å². The van der Waals surface area contributed by atoms with E-state index in [1.54, 1.807) is 0 Å². The molecule has 1 aliphatic heterocycles. The molecule has 0 amide bonds. The smallest absolute Gasteiger partial charge is 0.417 e. The van der Waals surface area contributed by atoms with Crippen molar-refractivity contribution in [2.75, 3.05) is 7.11 Å². The van der Waals surface area contributed by atoms with Gasteiger partial charge in [0.15, 0.2) is 17.2 Å². The minimum Gasteiger partial charge on any atom is -0.493 e. The molecule has 1 fully saturated rings. The summed E-state index contributed by atoms with van der Waals surface area (Å²) in [5.41, 5.74) is -2.72. The molecule has 0 saturated carbocycles. The molecule has 25 heavy (non-hydrogen) atoms. The maximum Gasteiger partial charge on any atom is 0.417 e. The SMILES string of the molecule is COc1c(C2C(OC(C)=O)OC(C)(C(F)(F)F)C2C)ccc(F)c1F. The standard InChI is InChI=1S/C16H17F5O4/c1-7-11(9-5-6-10(17)12(18)13(9)23-4)14(24-8(2)22)25-15(7,3)16(19,20)21/h5-7,11,14H,1-4H3. The summed E-state index contributed by atoms with van der Waals surface area (Å²) in [6.45, 7) is 3.07. The first-order valence-corrected chi connectivity index (χ1v) is 7.37. The number of carbonyl (C=O) groups is 1. The van der Waals surface area contributed by atoms with Gasteiger partial charge in [-0.15, -0.1) is 0 Å². The first kappa shape index (κ1) is 19.4. The molecule has 0 spiro atoms. The lowest BCUT2D eigenvalue weighted by Crippen LogP contribution is -2.47. The van der Waals surface area contributed by atoms with Crippen molar-refractivity contribution >= 4 is 5.97 Å². The number of benzene rings is 1. The number of halogens is 5. The largest absolute Gasteiger partial charge is 0.493 e. The summed E-state index contributed by atoms with van der Waals surface area (Å²) in [5, 5.41) is 0. The number of alkyl halides is 3. The Balaban J connectivity index is 2.60. The van der Waals surface area contributed by atoms with Crippen LogP contribution in [0.15, 0.2) is 12.1 Å². The highest BCUT2D eigenvalue weighted by atomic mass is 19.4. The Kier molecular flexibility index (Phi) is 5.00. The predicted molar refractivity (Wildman–Crippen MR) is 75.9 cm³/mol. The van der Waals surface area contributed by atoms with Crippen molar-refractivity contribution in [2.45, 2.75) is 44.8 Å². The maximum absolute atomic E-state index is 14.0. The van der Waals surface area contributed by atoms with Crippen LogP contribution >= 0.6 is 0 Å². The summed E-state index contributed by atoms with van der Waals surface area (Å²) in [6.07, 6.45) is -6.40. The van der Waals surface area contributed by atoms with Gasteiger partial charge < -0.3 is 14.2 Å². The van der Waals surface area contributed by atoms with Gasteiger partial charge in [0, 0.05) is 18.4 Å². The van der Waals surface area contributed by atoms with E-state index in [9.17, 15) is 26.7 Å². The number of carbonyl (C=O) groups excluding carboxylic acids is 1. The van der Waals surface area contributed by atoms with E-state index < -0.39 is 53.3 Å². The van der Waals surface area contributed by atoms with Gasteiger partial charge >= 0.3 is 12.1 Å². The molecule has 0 radical (unpaired) electrons. The Labute approximate surface area is 140 Å². The molecule has 1 aromatic carbocycles. The number of rotatable bonds is 3. The molecule has 4 atom stereocenters. The molecule has 0 N–H and O–H groups in total. The molecule has 140 valence electrons. The summed E-state index contributed by atoms with van der Waals surface area (Å²) >= 11 is 0. The van der Waals surface area contributed by atoms with Crippen molar-refractivity contribution in [3.8, 4) is 5.75 Å². The Morgan fingerprint density at radius 2 is 1.88 bits per heavy atom. The number of esters is 1. The lowest BCUT2D eigenvalue weighted by atomic mass is 9.79. The third kappa shape index (κ3) is 3.17. The van der Waals surface area contributed by atoms with Crippen LogP contribution in [0.5, 0.6) is 5.75 Å². The van der Waals surface area contributed by atoms with Gasteiger partial charge in [-0.1, -0.05) is 13.0 Å². The van der Waals surface area contributed by atoms with Crippen molar-refractivity contribution in [3.05, 3.63) is 29.3 Å². The van der Waals surface area contributed by atoms with E-state index in [4.69, 9.17) is 14.2 Å². The zero-order valence-corrected chi connectivity index (χ0v) is 13.9. The molecule has 1 aromatic rings. The highest BCUT2D eigenvalue weighted by molar-refractivity contribution is 5.66. The van der Waals surface area contributed by atoms with E-state index in [1.165, 1.54) is 6.92 Å². The molecule has 0 bridgehead atoms. The third-order valence-corrected chi connectivity index (χ3v) is 4.55. The molecule has 1 saturated heterocycles. The maximum atomic E-state index is 14.0. The second kappa shape index (κ2) is 6.44. The van der Waals surface area contributed by atoms with E-state index in [0.29, 0.717) is 0 Å². The molecule has 2 rings (SSSR count). The minimum atomic E-state index is -4.77. The molecule has 9 heteroatoms. The van der Waals surface area contributed by atoms with E-state index in [0.717, 1.165) is 33.1 Å². The average molecular weight is 368 g/mol. The fourth-order valence-electron chi connectivity index (χ4n) is 3.02. The van der Waals surface area contributed by atoms with Crippen molar-refractivity contribution in [3.63, 3.8) is 0 Å². The highest BCUT2D eigenvalue weighted by Crippen LogP contribution is 2.54. The molecule has 0 aliphatic carbocycles. The first-order chi connectivity index (χ1) is 11.4. The fraction of sp³-hybridized carbons (Fsp3) is 0.562. The Bertz CT molecular complexity index is 675. The summed E-state index contributed by atoms with van der Waals surface area (Å²) in [6, 6.07) is 1.87. The molecule has 4 nitrogen and oxygen atoms in total. The van der Waals surface area contributed by atoms with Gasteiger partial charge in [0.1, 0.15) is 0 Å². The lowest BCUT2D eigenvalue weighted by Gasteiger charge is -2.31. The molecular weight excluding hydrogens is 351 g/mol. The first-order valence-electron chi connectivity index (χ1n) is 7.37.